The van der Waals surface area contributed by atoms with Crippen molar-refractivity contribution in [1.82, 2.24) is 0 Å². The van der Waals surface area contributed by atoms with Crippen LogP contribution in [0.5, 0.6) is 0 Å². The fourth-order valence-electron chi connectivity index (χ4n) is 2.32. The van der Waals surface area contributed by atoms with E-state index in [-0.39, 0.29) is 0 Å². The summed E-state index contributed by atoms with van der Waals surface area (Å²) in [4.78, 5) is 0. The summed E-state index contributed by atoms with van der Waals surface area (Å²) in [6.45, 7) is 3.42. The van der Waals surface area contributed by atoms with E-state index in [1.54, 1.807) is 7.11 Å². The molecule has 0 aliphatic heterocycles. The van der Waals surface area contributed by atoms with Gasteiger partial charge in [0.1, 0.15) is 6.79 Å². The Balaban J connectivity index is 3.08. The summed E-state index contributed by atoms with van der Waals surface area (Å²) in [5, 5.41) is 0. The van der Waals surface area contributed by atoms with Crippen LogP contribution in [0.4, 0.5) is 0 Å². The van der Waals surface area contributed by atoms with Crippen molar-refractivity contribution in [3.63, 3.8) is 0 Å². The van der Waals surface area contributed by atoms with Gasteiger partial charge in [0.15, 0.2) is 0 Å². The predicted molar refractivity (Wildman–Crippen MR) is 97.2 cm³/mol. The van der Waals surface area contributed by atoms with Gasteiger partial charge in [-0.1, -0.05) is 69.8 Å². The van der Waals surface area contributed by atoms with Gasteiger partial charge in [0.2, 0.25) is 0 Å². The maximum absolute atomic E-state index is 5.22. The molecule has 2 heteroatoms. The van der Waals surface area contributed by atoms with Gasteiger partial charge in [-0.05, 0) is 38.5 Å². The van der Waals surface area contributed by atoms with Gasteiger partial charge < -0.3 is 9.47 Å². The smallest absolute Gasteiger partial charge is 0.146 e. The molecular formula is C20H38O2. The second-order valence-electron chi connectivity index (χ2n) is 5.89. The summed E-state index contributed by atoms with van der Waals surface area (Å²) in [7, 11) is 1.65. The van der Waals surface area contributed by atoms with Crippen LogP contribution in [0.25, 0.3) is 0 Å². The van der Waals surface area contributed by atoms with Gasteiger partial charge in [0.25, 0.3) is 0 Å². The van der Waals surface area contributed by atoms with E-state index >= 15 is 0 Å². The molecular weight excluding hydrogens is 272 g/mol. The Labute approximate surface area is 139 Å². The second kappa shape index (κ2) is 20.4. The zero-order valence-electron chi connectivity index (χ0n) is 15.0. The molecule has 0 unspecified atom stereocenters. The van der Waals surface area contributed by atoms with E-state index in [1.807, 2.05) is 0 Å². The standard InChI is InChI=1S/C20H38O2/c1-3-4-5-6-7-8-9-10-11-12-13-14-15-16-17-18-19-22-20-21-2/h6-7,16-17H,3-5,8-15,18-20H2,1-2H3/b7-6-,17-16+. The average Bonchev–Trinajstić information content (AvgIpc) is 2.54. The van der Waals surface area contributed by atoms with Crippen molar-refractivity contribution in [3.05, 3.63) is 24.3 Å². The van der Waals surface area contributed by atoms with Crippen molar-refractivity contribution >= 4 is 0 Å². The first-order valence-electron chi connectivity index (χ1n) is 9.28. The highest BCUT2D eigenvalue weighted by Gasteiger charge is 1.90. The van der Waals surface area contributed by atoms with Crippen LogP contribution in [0, 0.1) is 0 Å². The van der Waals surface area contributed by atoms with Crippen molar-refractivity contribution in [2.75, 3.05) is 20.5 Å². The minimum absolute atomic E-state index is 0.405. The molecule has 0 saturated heterocycles. The first kappa shape index (κ1) is 21.4. The first-order valence-corrected chi connectivity index (χ1v) is 9.28. The van der Waals surface area contributed by atoms with Crippen LogP contribution < -0.4 is 0 Å². The summed E-state index contributed by atoms with van der Waals surface area (Å²) in [5.41, 5.74) is 0. The summed E-state index contributed by atoms with van der Waals surface area (Å²) in [6.07, 6.45) is 24.9. The number of methoxy groups -OCH3 is 1. The van der Waals surface area contributed by atoms with Crippen LogP contribution in [-0.4, -0.2) is 20.5 Å². The molecule has 0 aromatic heterocycles. The van der Waals surface area contributed by atoms with E-state index in [0.717, 1.165) is 13.0 Å². The average molecular weight is 311 g/mol. The highest BCUT2D eigenvalue weighted by Crippen LogP contribution is 2.09. The molecule has 0 heterocycles. The quantitative estimate of drug-likeness (QED) is 0.175. The molecule has 0 rings (SSSR count). The summed E-state index contributed by atoms with van der Waals surface area (Å²) in [6, 6.07) is 0. The minimum atomic E-state index is 0.405. The van der Waals surface area contributed by atoms with Crippen LogP contribution >= 0.6 is 0 Å². The van der Waals surface area contributed by atoms with E-state index < -0.39 is 0 Å². The van der Waals surface area contributed by atoms with Gasteiger partial charge in [0.05, 0.1) is 6.61 Å². The van der Waals surface area contributed by atoms with E-state index in [1.165, 1.54) is 70.6 Å². The van der Waals surface area contributed by atoms with Gasteiger partial charge in [-0.2, -0.15) is 0 Å². The molecule has 0 spiro atoms. The molecule has 0 aromatic carbocycles. The van der Waals surface area contributed by atoms with Crippen molar-refractivity contribution < 1.29 is 9.47 Å². The lowest BCUT2D eigenvalue weighted by atomic mass is 10.1. The number of allylic oxidation sites excluding steroid dienone is 3. The van der Waals surface area contributed by atoms with E-state index in [9.17, 15) is 0 Å². The fourth-order valence-corrected chi connectivity index (χ4v) is 2.32. The third-order valence-electron chi connectivity index (χ3n) is 3.68. The topological polar surface area (TPSA) is 18.5 Å². The highest BCUT2D eigenvalue weighted by atomic mass is 16.7. The molecule has 0 aromatic rings. The Morgan fingerprint density at radius 2 is 1.14 bits per heavy atom. The number of hydrogen-bond acceptors (Lipinski definition) is 2. The van der Waals surface area contributed by atoms with Gasteiger partial charge in [-0.25, -0.2) is 0 Å². The molecule has 130 valence electrons. The lowest BCUT2D eigenvalue weighted by molar-refractivity contribution is -0.0285. The van der Waals surface area contributed by atoms with Crippen LogP contribution in [0.2, 0.25) is 0 Å². The molecule has 0 amide bonds. The van der Waals surface area contributed by atoms with Crippen LogP contribution in [0.3, 0.4) is 0 Å². The zero-order chi connectivity index (χ0) is 16.1. The highest BCUT2D eigenvalue weighted by molar-refractivity contribution is 4.81. The van der Waals surface area contributed by atoms with Gasteiger partial charge >= 0.3 is 0 Å². The normalized spacial score (nSPS) is 11.9. The van der Waals surface area contributed by atoms with Gasteiger partial charge in [-0.15, -0.1) is 0 Å². The van der Waals surface area contributed by atoms with Crippen molar-refractivity contribution in [1.29, 1.82) is 0 Å². The number of rotatable bonds is 17. The van der Waals surface area contributed by atoms with Crippen molar-refractivity contribution in [2.24, 2.45) is 0 Å². The van der Waals surface area contributed by atoms with E-state index in [0.29, 0.717) is 6.79 Å². The Morgan fingerprint density at radius 1 is 0.636 bits per heavy atom. The zero-order valence-corrected chi connectivity index (χ0v) is 15.0. The van der Waals surface area contributed by atoms with Crippen LogP contribution in [0.1, 0.15) is 84.0 Å². The van der Waals surface area contributed by atoms with Crippen LogP contribution in [0.15, 0.2) is 24.3 Å². The monoisotopic (exact) mass is 310 g/mol. The van der Waals surface area contributed by atoms with Crippen molar-refractivity contribution in [3.8, 4) is 0 Å². The molecule has 0 atom stereocenters. The first-order chi connectivity index (χ1) is 10.9. The molecule has 0 fully saturated rings. The Kier molecular flexibility index (Phi) is 19.8. The lowest BCUT2D eigenvalue weighted by Crippen LogP contribution is -1.96. The number of ether oxygens (including phenoxy) is 2. The van der Waals surface area contributed by atoms with E-state index in [4.69, 9.17) is 9.47 Å². The minimum Gasteiger partial charge on any atom is -0.359 e. The lowest BCUT2D eigenvalue weighted by Gasteiger charge is -2.00. The molecule has 0 aliphatic rings. The maximum Gasteiger partial charge on any atom is 0.146 e. The van der Waals surface area contributed by atoms with Gasteiger partial charge in [-0.3, -0.25) is 0 Å². The molecule has 0 saturated carbocycles. The predicted octanol–water partition coefficient (Wildman–Crippen LogP) is 6.42. The summed E-state index contributed by atoms with van der Waals surface area (Å²) < 4.78 is 10.0. The molecule has 0 bridgehead atoms. The molecule has 0 N–H and O–H groups in total. The largest absolute Gasteiger partial charge is 0.359 e. The number of unbranched alkanes of at least 4 members (excludes halogenated alkanes) is 9. The SMILES string of the molecule is CCCC/C=C\CCCCCCCC/C=C/CCOCOC. The third-order valence-corrected chi connectivity index (χ3v) is 3.68. The second-order valence-corrected chi connectivity index (χ2v) is 5.89. The Bertz CT molecular complexity index is 246. The molecule has 22 heavy (non-hydrogen) atoms. The van der Waals surface area contributed by atoms with Crippen LogP contribution in [-0.2, 0) is 9.47 Å². The third kappa shape index (κ3) is 19.4. The maximum atomic E-state index is 5.22. The summed E-state index contributed by atoms with van der Waals surface area (Å²) in [5.74, 6) is 0. The summed E-state index contributed by atoms with van der Waals surface area (Å²) >= 11 is 0. The molecule has 0 aliphatic carbocycles. The molecule has 2 nitrogen and oxygen atoms in total. The van der Waals surface area contributed by atoms with Crippen molar-refractivity contribution in [2.45, 2.75) is 84.0 Å². The Hall–Kier alpha value is -0.600. The van der Waals surface area contributed by atoms with Gasteiger partial charge in [0, 0.05) is 7.11 Å². The van der Waals surface area contributed by atoms with E-state index in [2.05, 4.69) is 31.2 Å². The number of hydrogen-bond donors (Lipinski definition) is 0. The Morgan fingerprint density at radius 3 is 1.68 bits per heavy atom. The molecule has 0 radical (unpaired) electrons. The fraction of sp³-hybridized carbons (Fsp3) is 0.800.